The molecule has 0 aromatic heterocycles. The Hall–Kier alpha value is -0.300. The van der Waals surface area contributed by atoms with E-state index >= 15 is 0 Å². The fourth-order valence-electron chi connectivity index (χ4n) is 1.81. The van der Waals surface area contributed by atoms with Crippen LogP contribution in [0.2, 0.25) is 0 Å². The first-order valence-electron chi connectivity index (χ1n) is 5.00. The van der Waals surface area contributed by atoms with E-state index in [1.54, 1.807) is 11.1 Å². The molecule has 0 saturated carbocycles. The molecule has 12 heavy (non-hydrogen) atoms. The number of allylic oxidation sites excluding steroid dienone is 1. The van der Waals surface area contributed by atoms with Gasteiger partial charge in [-0.05, 0) is 40.5 Å². The summed E-state index contributed by atoms with van der Waals surface area (Å²) < 4.78 is 0. The fourth-order valence-corrected chi connectivity index (χ4v) is 1.81. The van der Waals surface area contributed by atoms with Crippen molar-refractivity contribution in [3.63, 3.8) is 0 Å². The Bertz CT molecular complexity index is 165. The van der Waals surface area contributed by atoms with Gasteiger partial charge in [0.1, 0.15) is 0 Å². The standard InChI is InChI=1S/C11H21N/c1-9(2)11-5-7-12(8-6-11)10(3)4/h10H,5-8H2,1-4H3. The Kier molecular flexibility index (Phi) is 3.33. The molecule has 0 aliphatic carbocycles. The van der Waals surface area contributed by atoms with Crippen molar-refractivity contribution in [3.8, 4) is 0 Å². The second-order valence-electron chi connectivity index (χ2n) is 4.23. The molecule has 1 nitrogen and oxygen atoms in total. The van der Waals surface area contributed by atoms with E-state index in [0.717, 1.165) is 6.04 Å². The third-order valence-corrected chi connectivity index (χ3v) is 2.84. The molecule has 0 aromatic carbocycles. The topological polar surface area (TPSA) is 3.24 Å². The van der Waals surface area contributed by atoms with Crippen LogP contribution in [-0.4, -0.2) is 24.0 Å². The minimum absolute atomic E-state index is 0.726. The molecule has 1 heterocycles. The number of nitrogens with zero attached hydrogens (tertiary/aromatic N) is 1. The highest BCUT2D eigenvalue weighted by Gasteiger charge is 2.16. The van der Waals surface area contributed by atoms with Gasteiger partial charge in [-0.25, -0.2) is 0 Å². The van der Waals surface area contributed by atoms with Crippen LogP contribution in [-0.2, 0) is 0 Å². The molecule has 0 radical (unpaired) electrons. The van der Waals surface area contributed by atoms with Crippen LogP contribution < -0.4 is 0 Å². The van der Waals surface area contributed by atoms with Crippen molar-refractivity contribution in [3.05, 3.63) is 11.1 Å². The lowest BCUT2D eigenvalue weighted by Gasteiger charge is -2.32. The van der Waals surface area contributed by atoms with Crippen molar-refractivity contribution in [2.24, 2.45) is 0 Å². The number of likely N-dealkylation sites (tertiary alicyclic amines) is 1. The lowest BCUT2D eigenvalue weighted by molar-refractivity contribution is 0.207. The van der Waals surface area contributed by atoms with Gasteiger partial charge >= 0.3 is 0 Å². The summed E-state index contributed by atoms with van der Waals surface area (Å²) in [6.07, 6.45) is 2.58. The molecule has 1 rings (SSSR count). The van der Waals surface area contributed by atoms with Crippen molar-refractivity contribution < 1.29 is 0 Å². The molecule has 0 unspecified atom stereocenters. The number of hydrogen-bond acceptors (Lipinski definition) is 1. The second kappa shape index (κ2) is 4.08. The van der Waals surface area contributed by atoms with Gasteiger partial charge in [-0.15, -0.1) is 0 Å². The molecule has 1 heteroatoms. The monoisotopic (exact) mass is 167 g/mol. The first-order valence-corrected chi connectivity index (χ1v) is 5.00. The largest absolute Gasteiger partial charge is 0.300 e. The summed E-state index contributed by atoms with van der Waals surface area (Å²) in [6.45, 7) is 11.6. The maximum atomic E-state index is 2.56. The summed E-state index contributed by atoms with van der Waals surface area (Å²) in [5.74, 6) is 0. The summed E-state index contributed by atoms with van der Waals surface area (Å²) in [7, 11) is 0. The van der Waals surface area contributed by atoms with Crippen LogP contribution >= 0.6 is 0 Å². The molecular formula is C11H21N. The van der Waals surface area contributed by atoms with E-state index in [2.05, 4.69) is 32.6 Å². The second-order valence-corrected chi connectivity index (χ2v) is 4.23. The van der Waals surface area contributed by atoms with Gasteiger partial charge in [0.2, 0.25) is 0 Å². The maximum absolute atomic E-state index is 2.56. The quantitative estimate of drug-likeness (QED) is 0.543. The average Bonchev–Trinajstić information content (AvgIpc) is 2.04. The van der Waals surface area contributed by atoms with E-state index in [4.69, 9.17) is 0 Å². The Balaban J connectivity index is 2.45. The molecule has 1 fully saturated rings. The molecule has 1 saturated heterocycles. The number of piperidine rings is 1. The van der Waals surface area contributed by atoms with E-state index in [-0.39, 0.29) is 0 Å². The molecule has 1 aliphatic rings. The Morgan fingerprint density at radius 2 is 1.67 bits per heavy atom. The van der Waals surface area contributed by atoms with Gasteiger partial charge in [0.25, 0.3) is 0 Å². The van der Waals surface area contributed by atoms with Crippen LogP contribution in [0, 0.1) is 0 Å². The first-order chi connectivity index (χ1) is 5.61. The summed E-state index contributed by atoms with van der Waals surface area (Å²) in [6, 6.07) is 0.726. The highest BCUT2D eigenvalue weighted by atomic mass is 15.1. The SMILES string of the molecule is CC(C)=C1CCN(C(C)C)CC1. The molecular weight excluding hydrogens is 146 g/mol. The predicted octanol–water partition coefficient (Wildman–Crippen LogP) is 2.83. The molecule has 0 N–H and O–H groups in total. The average molecular weight is 167 g/mol. The van der Waals surface area contributed by atoms with E-state index in [1.807, 2.05) is 0 Å². The predicted molar refractivity (Wildman–Crippen MR) is 54.3 cm³/mol. The maximum Gasteiger partial charge on any atom is 0.00388 e. The van der Waals surface area contributed by atoms with E-state index < -0.39 is 0 Å². The molecule has 0 spiro atoms. The normalized spacial score (nSPS) is 20.2. The van der Waals surface area contributed by atoms with Gasteiger partial charge in [0, 0.05) is 19.1 Å². The van der Waals surface area contributed by atoms with Crippen molar-refractivity contribution in [2.75, 3.05) is 13.1 Å². The van der Waals surface area contributed by atoms with Crippen LogP contribution in [0.25, 0.3) is 0 Å². The van der Waals surface area contributed by atoms with Gasteiger partial charge in [-0.2, -0.15) is 0 Å². The molecule has 0 aromatic rings. The Labute approximate surface area is 76.5 Å². The van der Waals surface area contributed by atoms with Crippen molar-refractivity contribution in [1.29, 1.82) is 0 Å². The minimum Gasteiger partial charge on any atom is -0.300 e. The molecule has 0 bridgehead atoms. The van der Waals surface area contributed by atoms with Crippen LogP contribution in [0.5, 0.6) is 0 Å². The van der Waals surface area contributed by atoms with Gasteiger partial charge < -0.3 is 4.90 Å². The summed E-state index contributed by atoms with van der Waals surface area (Å²) in [5, 5.41) is 0. The Morgan fingerprint density at radius 3 is 2.00 bits per heavy atom. The zero-order valence-corrected chi connectivity index (χ0v) is 8.85. The smallest absolute Gasteiger partial charge is 0.00388 e. The van der Waals surface area contributed by atoms with Crippen LogP contribution in [0.15, 0.2) is 11.1 Å². The molecule has 0 atom stereocenters. The number of hydrogen-bond donors (Lipinski definition) is 0. The summed E-state index contributed by atoms with van der Waals surface area (Å²) in [4.78, 5) is 2.56. The fraction of sp³-hybridized carbons (Fsp3) is 0.818. The summed E-state index contributed by atoms with van der Waals surface area (Å²) >= 11 is 0. The lowest BCUT2D eigenvalue weighted by Crippen LogP contribution is -2.36. The Morgan fingerprint density at radius 1 is 1.17 bits per heavy atom. The third kappa shape index (κ3) is 2.34. The minimum atomic E-state index is 0.726. The van der Waals surface area contributed by atoms with Crippen LogP contribution in [0.1, 0.15) is 40.5 Å². The van der Waals surface area contributed by atoms with Gasteiger partial charge in [0.05, 0.1) is 0 Å². The van der Waals surface area contributed by atoms with Gasteiger partial charge in [-0.3, -0.25) is 0 Å². The molecule has 70 valence electrons. The number of rotatable bonds is 1. The highest BCUT2D eigenvalue weighted by Crippen LogP contribution is 2.20. The highest BCUT2D eigenvalue weighted by molar-refractivity contribution is 5.12. The van der Waals surface area contributed by atoms with Crippen LogP contribution in [0.3, 0.4) is 0 Å². The van der Waals surface area contributed by atoms with E-state index in [0.29, 0.717) is 0 Å². The van der Waals surface area contributed by atoms with Crippen molar-refractivity contribution >= 4 is 0 Å². The zero-order chi connectivity index (χ0) is 9.14. The summed E-state index contributed by atoms with van der Waals surface area (Å²) in [5.41, 5.74) is 3.23. The molecule has 1 aliphatic heterocycles. The molecule has 0 amide bonds. The van der Waals surface area contributed by atoms with Crippen LogP contribution in [0.4, 0.5) is 0 Å². The lowest BCUT2D eigenvalue weighted by atomic mass is 9.99. The van der Waals surface area contributed by atoms with Gasteiger partial charge in [-0.1, -0.05) is 11.1 Å². The third-order valence-electron chi connectivity index (χ3n) is 2.84. The van der Waals surface area contributed by atoms with Gasteiger partial charge in [0.15, 0.2) is 0 Å². The van der Waals surface area contributed by atoms with E-state index in [9.17, 15) is 0 Å². The van der Waals surface area contributed by atoms with Crippen molar-refractivity contribution in [2.45, 2.75) is 46.6 Å². The first kappa shape index (κ1) is 9.79. The van der Waals surface area contributed by atoms with E-state index in [1.165, 1.54) is 25.9 Å². The van der Waals surface area contributed by atoms with Crippen molar-refractivity contribution in [1.82, 2.24) is 4.90 Å². The zero-order valence-electron chi connectivity index (χ0n) is 8.85.